The normalized spacial score (nSPS) is 9.92. The number of pyridine rings is 1. The smallest absolute Gasteiger partial charge is 0.258 e. The second-order valence-electron chi connectivity index (χ2n) is 2.31. The SMILES string of the molecule is N#Cc1csc2cc[nH]c(=O)c12. The van der Waals surface area contributed by atoms with Gasteiger partial charge in [0.15, 0.2) is 0 Å². The van der Waals surface area contributed by atoms with Crippen molar-refractivity contribution < 1.29 is 0 Å². The van der Waals surface area contributed by atoms with Crippen LogP contribution in [0, 0.1) is 11.3 Å². The Kier molecular flexibility index (Phi) is 1.45. The van der Waals surface area contributed by atoms with Gasteiger partial charge in [0.2, 0.25) is 0 Å². The van der Waals surface area contributed by atoms with E-state index in [1.165, 1.54) is 11.3 Å². The van der Waals surface area contributed by atoms with Crippen LogP contribution in [0.3, 0.4) is 0 Å². The van der Waals surface area contributed by atoms with Gasteiger partial charge in [-0.1, -0.05) is 0 Å². The van der Waals surface area contributed by atoms with Gasteiger partial charge in [0, 0.05) is 16.3 Å². The number of hydrogen-bond acceptors (Lipinski definition) is 3. The van der Waals surface area contributed by atoms with Gasteiger partial charge in [-0.2, -0.15) is 5.26 Å². The third-order valence-electron chi connectivity index (χ3n) is 1.62. The molecule has 12 heavy (non-hydrogen) atoms. The van der Waals surface area contributed by atoms with Crippen molar-refractivity contribution in [3.63, 3.8) is 0 Å². The lowest BCUT2D eigenvalue weighted by atomic mass is 10.2. The summed E-state index contributed by atoms with van der Waals surface area (Å²) in [5.41, 5.74) is 0.266. The van der Waals surface area contributed by atoms with Crippen molar-refractivity contribution >= 4 is 21.4 Å². The molecule has 0 aromatic carbocycles. The Morgan fingerprint density at radius 2 is 2.42 bits per heavy atom. The van der Waals surface area contributed by atoms with Crippen LogP contribution < -0.4 is 5.56 Å². The number of fused-ring (bicyclic) bond motifs is 1. The Hall–Kier alpha value is -1.60. The van der Waals surface area contributed by atoms with E-state index in [9.17, 15) is 4.79 Å². The molecule has 4 heteroatoms. The number of rotatable bonds is 0. The van der Waals surface area contributed by atoms with Crippen molar-refractivity contribution in [1.82, 2.24) is 4.98 Å². The predicted octanol–water partition coefficient (Wildman–Crippen LogP) is 1.46. The van der Waals surface area contributed by atoms with Crippen LogP contribution in [0.5, 0.6) is 0 Å². The standard InChI is InChI=1S/C8H4N2OS/c9-3-5-4-12-6-1-2-10-8(11)7(5)6/h1-2,4H,(H,10,11). The summed E-state index contributed by atoms with van der Waals surface area (Å²) in [5.74, 6) is 0. The monoisotopic (exact) mass is 176 g/mol. The Bertz CT molecular complexity index is 518. The lowest BCUT2D eigenvalue weighted by molar-refractivity contribution is 1.28. The molecule has 2 aromatic rings. The number of thiophene rings is 1. The summed E-state index contributed by atoms with van der Waals surface area (Å²) >= 11 is 1.41. The minimum absolute atomic E-state index is 0.190. The molecule has 0 amide bonds. The first-order valence-electron chi connectivity index (χ1n) is 3.32. The molecule has 0 bridgehead atoms. The lowest BCUT2D eigenvalue weighted by Gasteiger charge is -1.85. The van der Waals surface area contributed by atoms with Crippen molar-refractivity contribution in [1.29, 1.82) is 5.26 Å². The van der Waals surface area contributed by atoms with Gasteiger partial charge >= 0.3 is 0 Å². The van der Waals surface area contributed by atoms with Gasteiger partial charge in [-0.05, 0) is 6.07 Å². The number of aromatic nitrogens is 1. The number of hydrogen-bond donors (Lipinski definition) is 1. The molecular formula is C8H4N2OS. The number of aromatic amines is 1. The molecule has 2 aromatic heterocycles. The highest BCUT2D eigenvalue weighted by Gasteiger charge is 2.05. The van der Waals surface area contributed by atoms with Gasteiger partial charge in [-0.3, -0.25) is 4.79 Å². The van der Waals surface area contributed by atoms with Crippen molar-refractivity contribution in [2.75, 3.05) is 0 Å². The van der Waals surface area contributed by atoms with Gasteiger partial charge in [-0.25, -0.2) is 0 Å². The number of nitrogens with zero attached hydrogens (tertiary/aromatic N) is 1. The maximum absolute atomic E-state index is 11.2. The summed E-state index contributed by atoms with van der Waals surface area (Å²) in [5, 5.41) is 10.9. The fourth-order valence-corrected chi connectivity index (χ4v) is 1.96. The highest BCUT2D eigenvalue weighted by molar-refractivity contribution is 7.17. The highest BCUT2D eigenvalue weighted by Crippen LogP contribution is 2.20. The zero-order valence-corrected chi connectivity index (χ0v) is 6.81. The average molecular weight is 176 g/mol. The molecule has 3 nitrogen and oxygen atoms in total. The van der Waals surface area contributed by atoms with E-state index in [1.807, 2.05) is 6.07 Å². The van der Waals surface area contributed by atoms with Crippen LogP contribution in [0.4, 0.5) is 0 Å². The molecule has 0 aliphatic rings. The van der Waals surface area contributed by atoms with E-state index < -0.39 is 0 Å². The molecule has 0 aliphatic carbocycles. The molecule has 0 atom stereocenters. The summed E-state index contributed by atoms with van der Waals surface area (Å²) in [6.45, 7) is 0. The van der Waals surface area contributed by atoms with Crippen molar-refractivity contribution in [3.8, 4) is 6.07 Å². The van der Waals surface area contributed by atoms with Crippen molar-refractivity contribution in [3.05, 3.63) is 33.6 Å². The Labute approximate surface area is 71.9 Å². The molecule has 0 unspecified atom stereocenters. The molecule has 0 saturated heterocycles. The van der Waals surface area contributed by atoms with Crippen LogP contribution in [-0.2, 0) is 0 Å². The average Bonchev–Trinajstić information content (AvgIpc) is 2.49. The van der Waals surface area contributed by atoms with Gasteiger partial charge in [-0.15, -0.1) is 11.3 Å². The van der Waals surface area contributed by atoms with Crippen LogP contribution in [0.15, 0.2) is 22.4 Å². The van der Waals surface area contributed by atoms with E-state index in [0.717, 1.165) is 4.70 Å². The fraction of sp³-hybridized carbons (Fsp3) is 0. The number of nitriles is 1. The van der Waals surface area contributed by atoms with Gasteiger partial charge in [0.25, 0.3) is 5.56 Å². The first-order chi connectivity index (χ1) is 5.83. The van der Waals surface area contributed by atoms with E-state index in [4.69, 9.17) is 5.26 Å². The van der Waals surface area contributed by atoms with Gasteiger partial charge in [0.05, 0.1) is 10.9 Å². The Morgan fingerprint density at radius 1 is 1.58 bits per heavy atom. The fourth-order valence-electron chi connectivity index (χ4n) is 1.08. The van der Waals surface area contributed by atoms with E-state index in [-0.39, 0.29) is 5.56 Å². The summed E-state index contributed by atoms with van der Waals surface area (Å²) in [7, 11) is 0. The molecule has 0 aliphatic heterocycles. The molecule has 58 valence electrons. The topological polar surface area (TPSA) is 56.6 Å². The summed E-state index contributed by atoms with van der Waals surface area (Å²) < 4.78 is 0.857. The van der Waals surface area contributed by atoms with Crippen LogP contribution >= 0.6 is 11.3 Å². The number of H-pyrrole nitrogens is 1. The maximum atomic E-state index is 11.2. The minimum Gasteiger partial charge on any atom is -0.328 e. The molecule has 0 radical (unpaired) electrons. The molecule has 0 spiro atoms. The van der Waals surface area contributed by atoms with E-state index in [1.54, 1.807) is 17.6 Å². The van der Waals surface area contributed by atoms with Crippen LogP contribution in [0.1, 0.15) is 5.56 Å². The Balaban J connectivity index is 3.05. The second-order valence-corrected chi connectivity index (χ2v) is 3.22. The van der Waals surface area contributed by atoms with Gasteiger partial charge in [0.1, 0.15) is 6.07 Å². The zero-order valence-electron chi connectivity index (χ0n) is 6.00. The van der Waals surface area contributed by atoms with E-state index in [0.29, 0.717) is 10.9 Å². The summed E-state index contributed by atoms with van der Waals surface area (Å²) in [6.07, 6.45) is 1.59. The van der Waals surface area contributed by atoms with Crippen LogP contribution in [0.25, 0.3) is 10.1 Å². The number of nitrogens with one attached hydrogen (secondary N) is 1. The van der Waals surface area contributed by atoms with Gasteiger partial charge < -0.3 is 4.98 Å². The maximum Gasteiger partial charge on any atom is 0.258 e. The molecular weight excluding hydrogens is 172 g/mol. The molecule has 2 rings (SSSR count). The lowest BCUT2D eigenvalue weighted by Crippen LogP contribution is -2.03. The van der Waals surface area contributed by atoms with E-state index in [2.05, 4.69) is 4.98 Å². The summed E-state index contributed by atoms with van der Waals surface area (Å²) in [6, 6.07) is 3.78. The van der Waals surface area contributed by atoms with Crippen LogP contribution in [-0.4, -0.2) is 4.98 Å². The predicted molar refractivity (Wildman–Crippen MR) is 47.2 cm³/mol. The highest BCUT2D eigenvalue weighted by atomic mass is 32.1. The molecule has 0 fully saturated rings. The van der Waals surface area contributed by atoms with Crippen LogP contribution in [0.2, 0.25) is 0 Å². The van der Waals surface area contributed by atoms with E-state index >= 15 is 0 Å². The minimum atomic E-state index is -0.190. The Morgan fingerprint density at radius 3 is 3.17 bits per heavy atom. The van der Waals surface area contributed by atoms with Crippen molar-refractivity contribution in [2.45, 2.75) is 0 Å². The first kappa shape index (κ1) is 7.07. The third kappa shape index (κ3) is 0.840. The largest absolute Gasteiger partial charge is 0.328 e. The quantitative estimate of drug-likeness (QED) is 0.660. The third-order valence-corrected chi connectivity index (χ3v) is 2.56. The second kappa shape index (κ2) is 2.47. The first-order valence-corrected chi connectivity index (χ1v) is 4.20. The summed E-state index contributed by atoms with van der Waals surface area (Å²) in [4.78, 5) is 13.8. The molecule has 2 heterocycles. The van der Waals surface area contributed by atoms with Crippen molar-refractivity contribution in [2.24, 2.45) is 0 Å². The molecule has 1 N–H and O–H groups in total. The zero-order chi connectivity index (χ0) is 8.55. The molecule has 0 saturated carbocycles.